The van der Waals surface area contributed by atoms with Gasteiger partial charge >= 0.3 is 0 Å². The van der Waals surface area contributed by atoms with Gasteiger partial charge in [-0.1, -0.05) is 56.6 Å². The predicted molar refractivity (Wildman–Crippen MR) is 101 cm³/mol. The smallest absolute Gasteiger partial charge is 0.159 e. The molecule has 1 aromatic rings. The van der Waals surface area contributed by atoms with Gasteiger partial charge in [0.2, 0.25) is 0 Å². The number of rotatable bonds is 5. The van der Waals surface area contributed by atoms with Crippen LogP contribution in [-0.2, 0) is 0 Å². The molecule has 2 rings (SSSR count). The van der Waals surface area contributed by atoms with Crippen LogP contribution in [0.25, 0.3) is 0 Å². The zero-order chi connectivity index (χ0) is 17.2. The van der Waals surface area contributed by atoms with Gasteiger partial charge in [-0.25, -0.2) is 0 Å². The van der Waals surface area contributed by atoms with Crippen LogP contribution in [0.3, 0.4) is 0 Å². The summed E-state index contributed by atoms with van der Waals surface area (Å²) in [6.07, 6.45) is 10.6. The Hall–Kier alpha value is -1.99. The molecule has 0 saturated heterocycles. The highest BCUT2D eigenvalue weighted by atomic mass is 16.1. The van der Waals surface area contributed by atoms with E-state index in [9.17, 15) is 4.79 Å². The standard InChI is InChI=1S/C23H28O/c1-3-4-5-8-20-11-13-21(14-12-20)9-6-7-10-22-15-17-23(18-16-22)19(2)24/h15-18,20-21H,3-5,8,11-14H2,1-2H3. The Labute approximate surface area is 147 Å². The molecule has 1 fully saturated rings. The summed E-state index contributed by atoms with van der Waals surface area (Å²) >= 11 is 0. The molecular weight excluding hydrogens is 292 g/mol. The third-order valence-electron chi connectivity index (χ3n) is 4.90. The normalized spacial score (nSPS) is 19.6. The molecule has 0 bridgehead atoms. The van der Waals surface area contributed by atoms with Gasteiger partial charge in [0.1, 0.15) is 0 Å². The minimum Gasteiger partial charge on any atom is -0.295 e. The first-order valence-corrected chi connectivity index (χ1v) is 9.31. The van der Waals surface area contributed by atoms with Crippen molar-refractivity contribution in [2.45, 2.75) is 65.2 Å². The van der Waals surface area contributed by atoms with E-state index in [-0.39, 0.29) is 5.78 Å². The van der Waals surface area contributed by atoms with Gasteiger partial charge < -0.3 is 0 Å². The molecule has 1 saturated carbocycles. The molecule has 1 aliphatic rings. The first-order valence-electron chi connectivity index (χ1n) is 9.31. The second-order valence-electron chi connectivity index (χ2n) is 6.87. The zero-order valence-electron chi connectivity index (χ0n) is 15.0. The van der Waals surface area contributed by atoms with Crippen LogP contribution in [0.4, 0.5) is 0 Å². The van der Waals surface area contributed by atoms with E-state index in [0.29, 0.717) is 5.92 Å². The highest BCUT2D eigenvalue weighted by Gasteiger charge is 2.19. The lowest BCUT2D eigenvalue weighted by Crippen LogP contribution is -2.13. The highest BCUT2D eigenvalue weighted by Crippen LogP contribution is 2.31. The zero-order valence-corrected chi connectivity index (χ0v) is 15.0. The molecule has 0 aliphatic heterocycles. The van der Waals surface area contributed by atoms with E-state index in [1.807, 2.05) is 24.3 Å². The second kappa shape index (κ2) is 10.00. The van der Waals surface area contributed by atoms with Crippen LogP contribution < -0.4 is 0 Å². The predicted octanol–water partition coefficient (Wildman–Crippen LogP) is 5.63. The fourth-order valence-corrected chi connectivity index (χ4v) is 3.31. The summed E-state index contributed by atoms with van der Waals surface area (Å²) in [5.41, 5.74) is 1.64. The fourth-order valence-electron chi connectivity index (χ4n) is 3.31. The third-order valence-corrected chi connectivity index (χ3v) is 4.90. The number of ketones is 1. The Morgan fingerprint density at radius 2 is 1.75 bits per heavy atom. The molecule has 126 valence electrons. The fraction of sp³-hybridized carbons (Fsp3) is 0.522. The highest BCUT2D eigenvalue weighted by molar-refractivity contribution is 5.94. The SMILES string of the molecule is CCCCCC1CCC(C#CC#Cc2ccc(C(C)=O)cc2)CC1. The Kier molecular flexibility index (Phi) is 7.64. The summed E-state index contributed by atoms with van der Waals surface area (Å²) in [7, 11) is 0. The average molecular weight is 320 g/mol. The van der Waals surface area contributed by atoms with Gasteiger partial charge in [-0.2, -0.15) is 0 Å². The molecule has 0 atom stereocenters. The van der Waals surface area contributed by atoms with Crippen LogP contribution in [0.1, 0.15) is 81.1 Å². The van der Waals surface area contributed by atoms with Crippen molar-refractivity contribution in [1.82, 2.24) is 0 Å². The number of carbonyl (C=O) groups is 1. The van der Waals surface area contributed by atoms with Crippen molar-refractivity contribution < 1.29 is 4.79 Å². The van der Waals surface area contributed by atoms with Crippen molar-refractivity contribution in [2.75, 3.05) is 0 Å². The number of carbonyl (C=O) groups excluding carboxylic acids is 1. The van der Waals surface area contributed by atoms with E-state index < -0.39 is 0 Å². The van der Waals surface area contributed by atoms with Gasteiger partial charge in [0, 0.05) is 17.0 Å². The van der Waals surface area contributed by atoms with Crippen LogP contribution in [0, 0.1) is 35.5 Å². The monoisotopic (exact) mass is 320 g/mol. The third kappa shape index (κ3) is 6.25. The topological polar surface area (TPSA) is 17.1 Å². The van der Waals surface area contributed by atoms with Gasteiger partial charge in [-0.05, 0) is 62.5 Å². The van der Waals surface area contributed by atoms with E-state index in [2.05, 4.69) is 30.6 Å². The maximum absolute atomic E-state index is 11.2. The molecule has 1 nitrogen and oxygen atoms in total. The minimum absolute atomic E-state index is 0.0830. The summed E-state index contributed by atoms with van der Waals surface area (Å²) in [4.78, 5) is 11.2. The first kappa shape index (κ1) is 18.4. The summed E-state index contributed by atoms with van der Waals surface area (Å²) in [5, 5.41) is 0. The summed E-state index contributed by atoms with van der Waals surface area (Å²) in [6, 6.07) is 7.40. The van der Waals surface area contributed by atoms with Crippen molar-refractivity contribution in [3.63, 3.8) is 0 Å². The quantitative estimate of drug-likeness (QED) is 0.390. The molecule has 0 amide bonds. The minimum atomic E-state index is 0.0830. The number of unbranched alkanes of at least 4 members (excludes halogenated alkanes) is 2. The van der Waals surface area contributed by atoms with Gasteiger partial charge in [0.15, 0.2) is 5.78 Å². The summed E-state index contributed by atoms with van der Waals surface area (Å²) in [5.74, 6) is 13.9. The Morgan fingerprint density at radius 1 is 1.04 bits per heavy atom. The molecular formula is C23H28O. The number of hydrogen-bond acceptors (Lipinski definition) is 1. The number of benzene rings is 1. The molecule has 0 aromatic heterocycles. The lowest BCUT2D eigenvalue weighted by atomic mass is 9.80. The van der Waals surface area contributed by atoms with Crippen molar-refractivity contribution in [1.29, 1.82) is 0 Å². The maximum Gasteiger partial charge on any atom is 0.159 e. The van der Waals surface area contributed by atoms with Crippen molar-refractivity contribution in [2.24, 2.45) is 11.8 Å². The van der Waals surface area contributed by atoms with Gasteiger partial charge in [-0.3, -0.25) is 4.79 Å². The Morgan fingerprint density at radius 3 is 2.38 bits per heavy atom. The van der Waals surface area contributed by atoms with Crippen LogP contribution >= 0.6 is 0 Å². The number of Topliss-reactive ketones (excluding diaryl/α,β-unsaturated/α-hetero) is 1. The molecule has 0 unspecified atom stereocenters. The molecule has 1 aliphatic carbocycles. The van der Waals surface area contributed by atoms with Crippen molar-refractivity contribution in [3.8, 4) is 23.7 Å². The van der Waals surface area contributed by atoms with E-state index in [1.165, 1.54) is 51.4 Å². The molecule has 0 N–H and O–H groups in total. The second-order valence-corrected chi connectivity index (χ2v) is 6.87. The van der Waals surface area contributed by atoms with E-state index in [4.69, 9.17) is 0 Å². The lowest BCUT2D eigenvalue weighted by Gasteiger charge is -2.25. The summed E-state index contributed by atoms with van der Waals surface area (Å²) in [6.45, 7) is 3.84. The molecule has 24 heavy (non-hydrogen) atoms. The maximum atomic E-state index is 11.2. The summed E-state index contributed by atoms with van der Waals surface area (Å²) < 4.78 is 0. The average Bonchev–Trinajstić information content (AvgIpc) is 2.60. The van der Waals surface area contributed by atoms with E-state index in [0.717, 1.165) is 17.0 Å². The molecule has 0 heterocycles. The van der Waals surface area contributed by atoms with Crippen LogP contribution in [0.2, 0.25) is 0 Å². The Balaban J connectivity index is 1.77. The lowest BCUT2D eigenvalue weighted by molar-refractivity contribution is 0.101. The van der Waals surface area contributed by atoms with E-state index >= 15 is 0 Å². The van der Waals surface area contributed by atoms with E-state index in [1.54, 1.807) is 6.92 Å². The number of hydrogen-bond donors (Lipinski definition) is 0. The van der Waals surface area contributed by atoms with Crippen LogP contribution in [0.15, 0.2) is 24.3 Å². The molecule has 1 heteroatoms. The van der Waals surface area contributed by atoms with Gasteiger partial charge in [0.05, 0.1) is 0 Å². The Bertz CT molecular complexity index is 637. The first-order chi connectivity index (χ1) is 11.7. The largest absolute Gasteiger partial charge is 0.295 e. The molecule has 0 radical (unpaired) electrons. The van der Waals surface area contributed by atoms with Crippen LogP contribution in [0.5, 0.6) is 0 Å². The van der Waals surface area contributed by atoms with Gasteiger partial charge in [-0.15, -0.1) is 0 Å². The van der Waals surface area contributed by atoms with Crippen LogP contribution in [-0.4, -0.2) is 5.78 Å². The van der Waals surface area contributed by atoms with Crippen molar-refractivity contribution >= 4 is 5.78 Å². The van der Waals surface area contributed by atoms with Crippen molar-refractivity contribution in [3.05, 3.63) is 35.4 Å². The van der Waals surface area contributed by atoms with Gasteiger partial charge in [0.25, 0.3) is 0 Å². The molecule has 1 aromatic carbocycles. The molecule has 0 spiro atoms.